The van der Waals surface area contributed by atoms with E-state index in [1.807, 2.05) is 17.5 Å². The zero-order chi connectivity index (χ0) is 13.5. The maximum absolute atomic E-state index is 8.81. The molecule has 0 aliphatic heterocycles. The first-order valence-electron chi connectivity index (χ1n) is 5.62. The Morgan fingerprint density at radius 1 is 1.32 bits per heavy atom. The maximum Gasteiger partial charge on any atom is 0.124 e. The number of hydrogen-bond donors (Lipinski definition) is 1. The molecule has 0 saturated carbocycles. The zero-order valence-corrected chi connectivity index (χ0v) is 10.9. The molecule has 0 bridgehead atoms. The molecule has 2 aromatic rings. The predicted octanol–water partition coefficient (Wildman–Crippen LogP) is 2.54. The minimum absolute atomic E-state index is 0.152. The smallest absolute Gasteiger partial charge is 0.124 e. The molecule has 0 saturated heterocycles. The number of aliphatic hydroxyl groups excluding tert-OH is 1. The molecule has 2 rings (SSSR count). The van der Waals surface area contributed by atoms with Crippen LogP contribution in [0.25, 0.3) is 0 Å². The van der Waals surface area contributed by atoms with E-state index in [1.54, 1.807) is 29.5 Å². The molecule has 4 heteroatoms. The molecular weight excluding hydrogens is 258 g/mol. The van der Waals surface area contributed by atoms with Crippen molar-refractivity contribution in [3.8, 4) is 23.7 Å². The standard InChI is InChI=1S/C15H11NO2S/c16-10-12-3-1-5-14(9-12)18-11-15-13(4-2-7-17)6-8-19-15/h1,3,5-6,8-9,17H,7,11H2. The minimum atomic E-state index is -0.152. The molecule has 0 aliphatic rings. The molecule has 0 atom stereocenters. The fraction of sp³-hybridized carbons (Fsp3) is 0.133. The van der Waals surface area contributed by atoms with Crippen LogP contribution in [0, 0.1) is 23.2 Å². The minimum Gasteiger partial charge on any atom is -0.488 e. The van der Waals surface area contributed by atoms with Crippen molar-refractivity contribution in [1.82, 2.24) is 0 Å². The van der Waals surface area contributed by atoms with E-state index < -0.39 is 0 Å². The van der Waals surface area contributed by atoms with Crippen molar-refractivity contribution in [2.24, 2.45) is 0 Å². The van der Waals surface area contributed by atoms with Crippen LogP contribution in [0.5, 0.6) is 5.75 Å². The second-order valence-electron chi connectivity index (χ2n) is 3.65. The largest absolute Gasteiger partial charge is 0.488 e. The van der Waals surface area contributed by atoms with Crippen molar-refractivity contribution in [3.63, 3.8) is 0 Å². The van der Waals surface area contributed by atoms with Gasteiger partial charge in [0, 0.05) is 5.56 Å². The van der Waals surface area contributed by atoms with E-state index in [2.05, 4.69) is 17.9 Å². The lowest BCUT2D eigenvalue weighted by Crippen LogP contribution is -1.95. The van der Waals surface area contributed by atoms with Crippen LogP contribution in [0.1, 0.15) is 16.0 Å². The third kappa shape index (κ3) is 3.59. The molecule has 0 unspecified atom stereocenters. The Kier molecular flexibility index (Phi) is 4.58. The number of nitrogens with zero attached hydrogens (tertiary/aromatic N) is 1. The van der Waals surface area contributed by atoms with E-state index in [9.17, 15) is 0 Å². The Hall–Kier alpha value is -2.27. The Morgan fingerprint density at radius 3 is 3.00 bits per heavy atom. The molecule has 0 fully saturated rings. The number of nitriles is 1. The van der Waals surface area contributed by atoms with Gasteiger partial charge < -0.3 is 9.84 Å². The zero-order valence-electron chi connectivity index (χ0n) is 10.1. The van der Waals surface area contributed by atoms with E-state index in [-0.39, 0.29) is 6.61 Å². The fourth-order valence-corrected chi connectivity index (χ4v) is 2.24. The van der Waals surface area contributed by atoms with Crippen molar-refractivity contribution >= 4 is 11.3 Å². The summed E-state index contributed by atoms with van der Waals surface area (Å²) in [7, 11) is 0. The van der Waals surface area contributed by atoms with Gasteiger partial charge in [-0.15, -0.1) is 11.3 Å². The molecule has 0 amide bonds. The van der Waals surface area contributed by atoms with Gasteiger partial charge >= 0.3 is 0 Å². The van der Waals surface area contributed by atoms with Gasteiger partial charge in [-0.3, -0.25) is 0 Å². The third-order valence-corrected chi connectivity index (χ3v) is 3.28. The molecule has 3 nitrogen and oxygen atoms in total. The summed E-state index contributed by atoms with van der Waals surface area (Å²) in [6.07, 6.45) is 0. The first kappa shape index (κ1) is 13.2. The van der Waals surface area contributed by atoms with E-state index in [1.165, 1.54) is 0 Å². The van der Waals surface area contributed by atoms with Crippen LogP contribution in [0.15, 0.2) is 35.7 Å². The van der Waals surface area contributed by atoms with Crippen LogP contribution in [0.4, 0.5) is 0 Å². The molecule has 1 N–H and O–H groups in total. The number of thiophene rings is 1. The van der Waals surface area contributed by atoms with Crippen LogP contribution >= 0.6 is 11.3 Å². The number of benzene rings is 1. The molecule has 19 heavy (non-hydrogen) atoms. The Bertz CT molecular complexity index is 659. The Morgan fingerprint density at radius 2 is 2.21 bits per heavy atom. The number of rotatable bonds is 3. The first-order valence-corrected chi connectivity index (χ1v) is 6.50. The van der Waals surface area contributed by atoms with Gasteiger partial charge in [0.15, 0.2) is 0 Å². The molecule has 0 radical (unpaired) electrons. The molecule has 0 aliphatic carbocycles. The maximum atomic E-state index is 8.81. The summed E-state index contributed by atoms with van der Waals surface area (Å²) >= 11 is 1.56. The fourth-order valence-electron chi connectivity index (χ4n) is 1.50. The van der Waals surface area contributed by atoms with Gasteiger partial charge in [0.2, 0.25) is 0 Å². The summed E-state index contributed by atoms with van der Waals surface area (Å²) in [4.78, 5) is 1.00. The quantitative estimate of drug-likeness (QED) is 0.871. The van der Waals surface area contributed by atoms with Crippen LogP contribution in [-0.4, -0.2) is 11.7 Å². The van der Waals surface area contributed by atoms with Crippen LogP contribution in [0.3, 0.4) is 0 Å². The van der Waals surface area contributed by atoms with E-state index in [4.69, 9.17) is 15.1 Å². The molecule has 1 aromatic heterocycles. The van der Waals surface area contributed by atoms with Crippen LogP contribution < -0.4 is 4.74 Å². The van der Waals surface area contributed by atoms with Crippen molar-refractivity contribution < 1.29 is 9.84 Å². The van der Waals surface area contributed by atoms with Gasteiger partial charge in [-0.05, 0) is 29.6 Å². The van der Waals surface area contributed by atoms with Gasteiger partial charge in [-0.1, -0.05) is 17.9 Å². The lowest BCUT2D eigenvalue weighted by atomic mass is 10.2. The SMILES string of the molecule is N#Cc1cccc(OCc2sccc2C#CCO)c1. The average molecular weight is 269 g/mol. The van der Waals surface area contributed by atoms with Gasteiger partial charge in [-0.2, -0.15) is 5.26 Å². The molecule has 1 heterocycles. The van der Waals surface area contributed by atoms with E-state index in [0.717, 1.165) is 10.4 Å². The van der Waals surface area contributed by atoms with Gasteiger partial charge in [0.1, 0.15) is 19.0 Å². The topological polar surface area (TPSA) is 53.2 Å². The summed E-state index contributed by atoms with van der Waals surface area (Å²) in [6.45, 7) is 0.252. The summed E-state index contributed by atoms with van der Waals surface area (Å²) < 4.78 is 5.64. The average Bonchev–Trinajstić information content (AvgIpc) is 2.90. The number of hydrogen-bond acceptors (Lipinski definition) is 4. The van der Waals surface area contributed by atoms with Crippen molar-refractivity contribution in [1.29, 1.82) is 5.26 Å². The second kappa shape index (κ2) is 6.61. The first-order chi connectivity index (χ1) is 9.33. The molecule has 1 aromatic carbocycles. The molecule has 0 spiro atoms. The highest BCUT2D eigenvalue weighted by atomic mass is 32.1. The lowest BCUT2D eigenvalue weighted by molar-refractivity contribution is 0.309. The third-order valence-electron chi connectivity index (χ3n) is 2.38. The monoisotopic (exact) mass is 269 g/mol. The Balaban J connectivity index is 2.06. The lowest BCUT2D eigenvalue weighted by Gasteiger charge is -2.05. The second-order valence-corrected chi connectivity index (χ2v) is 4.65. The molecular formula is C15H11NO2S. The van der Waals surface area contributed by atoms with Crippen molar-refractivity contribution in [2.75, 3.05) is 6.61 Å². The summed E-state index contributed by atoms with van der Waals surface area (Å²) in [5, 5.41) is 19.4. The van der Waals surface area contributed by atoms with Crippen molar-refractivity contribution in [2.45, 2.75) is 6.61 Å². The number of ether oxygens (including phenoxy) is 1. The summed E-state index contributed by atoms with van der Waals surface area (Å²) in [5.41, 5.74) is 1.44. The van der Waals surface area contributed by atoms with Crippen LogP contribution in [0.2, 0.25) is 0 Å². The molecule has 94 valence electrons. The Labute approximate surface area is 115 Å². The van der Waals surface area contributed by atoms with E-state index >= 15 is 0 Å². The number of aliphatic hydroxyl groups is 1. The highest BCUT2D eigenvalue weighted by molar-refractivity contribution is 7.10. The normalized spacial score (nSPS) is 9.26. The summed E-state index contributed by atoms with van der Waals surface area (Å²) in [6, 6.07) is 11.0. The van der Waals surface area contributed by atoms with Crippen molar-refractivity contribution in [3.05, 3.63) is 51.7 Å². The highest BCUT2D eigenvalue weighted by Crippen LogP contribution is 2.20. The van der Waals surface area contributed by atoms with E-state index in [0.29, 0.717) is 17.9 Å². The van der Waals surface area contributed by atoms with Gasteiger partial charge in [0.25, 0.3) is 0 Å². The van der Waals surface area contributed by atoms with Crippen LogP contribution in [-0.2, 0) is 6.61 Å². The van der Waals surface area contributed by atoms with Gasteiger partial charge in [0.05, 0.1) is 16.5 Å². The predicted molar refractivity (Wildman–Crippen MR) is 73.8 cm³/mol. The van der Waals surface area contributed by atoms with Gasteiger partial charge in [-0.25, -0.2) is 0 Å². The summed E-state index contributed by atoms with van der Waals surface area (Å²) in [5.74, 6) is 6.16. The highest BCUT2D eigenvalue weighted by Gasteiger charge is 2.03.